The van der Waals surface area contributed by atoms with Gasteiger partial charge in [0.05, 0.1) is 6.54 Å². The van der Waals surface area contributed by atoms with Gasteiger partial charge in [0.15, 0.2) is 0 Å². The van der Waals surface area contributed by atoms with Crippen molar-refractivity contribution in [3.8, 4) is 0 Å². The van der Waals surface area contributed by atoms with Gasteiger partial charge in [-0.25, -0.2) is 0 Å². The molecule has 5 nitrogen and oxygen atoms in total. The lowest BCUT2D eigenvalue weighted by atomic mass is 10.0. The highest BCUT2D eigenvalue weighted by atomic mass is 16.2. The number of carbonyl (C=O) groups excluding carboxylic acids is 2. The Bertz CT molecular complexity index is 418. The summed E-state index contributed by atoms with van der Waals surface area (Å²) in [6.45, 7) is 3.78. The minimum atomic E-state index is -0.640. The first-order valence-corrected chi connectivity index (χ1v) is 5.81. The molecule has 0 saturated carbocycles. The molecule has 0 unspecified atom stereocenters. The fourth-order valence-electron chi connectivity index (χ4n) is 1.91. The van der Waals surface area contributed by atoms with E-state index in [1.807, 2.05) is 44.2 Å². The van der Waals surface area contributed by atoms with E-state index in [0.717, 1.165) is 5.56 Å². The molecule has 98 valence electrons. The first-order valence-electron chi connectivity index (χ1n) is 5.81. The molecule has 0 aliphatic heterocycles. The Balaban J connectivity index is 3.09. The molecule has 1 aromatic carbocycles. The lowest BCUT2D eigenvalue weighted by Gasteiger charge is -2.32. The number of benzene rings is 1. The van der Waals surface area contributed by atoms with Gasteiger partial charge in [-0.1, -0.05) is 30.3 Å². The van der Waals surface area contributed by atoms with E-state index < -0.39 is 17.9 Å². The molecule has 0 spiro atoms. The monoisotopic (exact) mass is 249 g/mol. The fourth-order valence-corrected chi connectivity index (χ4v) is 1.91. The van der Waals surface area contributed by atoms with E-state index in [1.54, 1.807) is 4.90 Å². The number of amides is 2. The van der Waals surface area contributed by atoms with Crippen LogP contribution in [0, 0.1) is 0 Å². The highest BCUT2D eigenvalue weighted by Crippen LogP contribution is 2.22. The number of rotatable bonds is 6. The first kappa shape index (κ1) is 14.2. The van der Waals surface area contributed by atoms with Crippen LogP contribution in [0.1, 0.15) is 25.5 Å². The molecule has 1 rings (SSSR count). The summed E-state index contributed by atoms with van der Waals surface area (Å²) in [5.41, 5.74) is 11.4. The third-order valence-corrected chi connectivity index (χ3v) is 2.72. The van der Waals surface area contributed by atoms with Crippen LogP contribution in [0.2, 0.25) is 0 Å². The fraction of sp³-hybridized carbons (Fsp3) is 0.385. The molecule has 0 aliphatic carbocycles. The van der Waals surface area contributed by atoms with Crippen LogP contribution in [0.15, 0.2) is 30.3 Å². The summed E-state index contributed by atoms with van der Waals surface area (Å²) in [6.07, 6.45) is 0. The van der Waals surface area contributed by atoms with Crippen LogP contribution in [0.3, 0.4) is 0 Å². The molecule has 0 aliphatic rings. The molecule has 0 heterocycles. The summed E-state index contributed by atoms with van der Waals surface area (Å²) in [7, 11) is 0. The summed E-state index contributed by atoms with van der Waals surface area (Å²) in [6, 6.07) is 8.48. The van der Waals surface area contributed by atoms with E-state index in [-0.39, 0.29) is 12.6 Å². The number of carbonyl (C=O) groups is 2. The quantitative estimate of drug-likeness (QED) is 0.765. The second-order valence-corrected chi connectivity index (χ2v) is 4.45. The molecule has 0 aromatic heterocycles. The van der Waals surface area contributed by atoms with Crippen LogP contribution in [0.25, 0.3) is 0 Å². The Morgan fingerprint density at radius 2 is 1.72 bits per heavy atom. The van der Waals surface area contributed by atoms with Crippen LogP contribution < -0.4 is 11.5 Å². The second kappa shape index (κ2) is 6.16. The third-order valence-electron chi connectivity index (χ3n) is 2.72. The van der Waals surface area contributed by atoms with Gasteiger partial charge in [-0.05, 0) is 19.4 Å². The maximum Gasteiger partial charge on any atom is 0.239 e. The zero-order valence-electron chi connectivity index (χ0n) is 10.7. The Hall–Kier alpha value is -1.88. The van der Waals surface area contributed by atoms with Crippen molar-refractivity contribution in [2.45, 2.75) is 25.9 Å². The highest BCUT2D eigenvalue weighted by molar-refractivity contribution is 5.83. The zero-order chi connectivity index (χ0) is 13.7. The first-order chi connectivity index (χ1) is 8.43. The van der Waals surface area contributed by atoms with Gasteiger partial charge in [-0.15, -0.1) is 0 Å². The summed E-state index contributed by atoms with van der Waals surface area (Å²) in [5.74, 6) is -0.970. The van der Waals surface area contributed by atoms with Crippen LogP contribution in [0.5, 0.6) is 0 Å². The molecule has 0 bridgehead atoms. The molecular formula is C13H19N3O2. The number of hydrogen-bond donors (Lipinski definition) is 2. The molecule has 0 radical (unpaired) electrons. The van der Waals surface area contributed by atoms with Crippen molar-refractivity contribution in [2.24, 2.45) is 11.5 Å². The normalized spacial score (nSPS) is 12.7. The SMILES string of the molecule is CC(C)N(CC(N)=O)[C@H](C(N)=O)c1ccccc1. The smallest absolute Gasteiger partial charge is 0.239 e. The largest absolute Gasteiger partial charge is 0.369 e. The van der Waals surface area contributed by atoms with Crippen LogP contribution in [-0.2, 0) is 9.59 Å². The molecule has 0 fully saturated rings. The third kappa shape index (κ3) is 3.56. The van der Waals surface area contributed by atoms with E-state index in [0.29, 0.717) is 0 Å². The Kier molecular flexibility index (Phi) is 4.85. The topological polar surface area (TPSA) is 89.4 Å². The van der Waals surface area contributed by atoms with Crippen LogP contribution >= 0.6 is 0 Å². The molecule has 1 atom stereocenters. The molecular weight excluding hydrogens is 230 g/mol. The maximum atomic E-state index is 11.7. The summed E-state index contributed by atoms with van der Waals surface area (Å²) in [5, 5.41) is 0. The van der Waals surface area contributed by atoms with Gasteiger partial charge in [0.2, 0.25) is 11.8 Å². The summed E-state index contributed by atoms with van der Waals surface area (Å²) in [4.78, 5) is 24.5. The lowest BCUT2D eigenvalue weighted by Crippen LogP contribution is -2.45. The predicted octanol–water partition coefficient (Wildman–Crippen LogP) is 0.409. The van der Waals surface area contributed by atoms with Crippen molar-refractivity contribution >= 4 is 11.8 Å². The van der Waals surface area contributed by atoms with Crippen molar-refractivity contribution < 1.29 is 9.59 Å². The standard InChI is InChI=1S/C13H19N3O2/c1-9(2)16(8-11(14)17)12(13(15)18)10-6-4-3-5-7-10/h3-7,9,12H,8H2,1-2H3,(H2,14,17)(H2,15,18)/t12-/m0/s1. The maximum absolute atomic E-state index is 11.7. The van der Waals surface area contributed by atoms with E-state index in [2.05, 4.69) is 0 Å². The Morgan fingerprint density at radius 1 is 1.17 bits per heavy atom. The van der Waals surface area contributed by atoms with Crippen LogP contribution in [0.4, 0.5) is 0 Å². The van der Waals surface area contributed by atoms with Gasteiger partial charge in [-0.3, -0.25) is 14.5 Å². The zero-order valence-corrected chi connectivity index (χ0v) is 10.7. The Labute approximate surface area is 107 Å². The number of nitrogens with two attached hydrogens (primary N) is 2. The van der Waals surface area contributed by atoms with E-state index in [9.17, 15) is 9.59 Å². The van der Waals surface area contributed by atoms with Gasteiger partial charge < -0.3 is 11.5 Å². The number of primary amides is 2. The van der Waals surface area contributed by atoms with E-state index in [4.69, 9.17) is 11.5 Å². The van der Waals surface area contributed by atoms with Gasteiger partial charge in [0, 0.05) is 6.04 Å². The summed E-state index contributed by atoms with van der Waals surface area (Å²) >= 11 is 0. The Morgan fingerprint density at radius 3 is 2.11 bits per heavy atom. The molecule has 18 heavy (non-hydrogen) atoms. The second-order valence-electron chi connectivity index (χ2n) is 4.45. The number of hydrogen-bond acceptors (Lipinski definition) is 3. The average molecular weight is 249 g/mol. The lowest BCUT2D eigenvalue weighted by molar-refractivity contribution is -0.127. The van der Waals surface area contributed by atoms with Crippen molar-refractivity contribution in [1.82, 2.24) is 4.90 Å². The van der Waals surface area contributed by atoms with Crippen molar-refractivity contribution in [1.29, 1.82) is 0 Å². The molecule has 5 heteroatoms. The minimum Gasteiger partial charge on any atom is -0.369 e. The van der Waals surface area contributed by atoms with Gasteiger partial charge >= 0.3 is 0 Å². The van der Waals surface area contributed by atoms with Gasteiger partial charge in [-0.2, -0.15) is 0 Å². The van der Waals surface area contributed by atoms with E-state index >= 15 is 0 Å². The minimum absolute atomic E-state index is 0.000166. The highest BCUT2D eigenvalue weighted by Gasteiger charge is 2.28. The van der Waals surface area contributed by atoms with Crippen LogP contribution in [-0.4, -0.2) is 29.3 Å². The predicted molar refractivity (Wildman–Crippen MR) is 69.4 cm³/mol. The molecule has 4 N–H and O–H groups in total. The molecule has 1 aromatic rings. The van der Waals surface area contributed by atoms with Crippen molar-refractivity contribution in [3.63, 3.8) is 0 Å². The van der Waals surface area contributed by atoms with Gasteiger partial charge in [0.25, 0.3) is 0 Å². The summed E-state index contributed by atoms with van der Waals surface area (Å²) < 4.78 is 0. The average Bonchev–Trinajstić information content (AvgIpc) is 2.28. The molecule has 0 saturated heterocycles. The molecule has 2 amide bonds. The van der Waals surface area contributed by atoms with Crippen molar-refractivity contribution in [2.75, 3.05) is 6.54 Å². The van der Waals surface area contributed by atoms with Gasteiger partial charge in [0.1, 0.15) is 6.04 Å². The van der Waals surface area contributed by atoms with Crippen molar-refractivity contribution in [3.05, 3.63) is 35.9 Å². The number of nitrogens with zero attached hydrogens (tertiary/aromatic N) is 1. The van der Waals surface area contributed by atoms with E-state index in [1.165, 1.54) is 0 Å².